The molecule has 1 unspecified atom stereocenters. The van der Waals surface area contributed by atoms with Crippen LogP contribution in [0.3, 0.4) is 0 Å². The van der Waals surface area contributed by atoms with Gasteiger partial charge in [-0.1, -0.05) is 0 Å². The Bertz CT molecular complexity index is 294. The number of nitrogens with two attached hydrogens (primary N) is 1. The maximum Gasteiger partial charge on any atom is 1.00 e. The Morgan fingerprint density at radius 3 is 2.08 bits per heavy atom. The van der Waals surface area contributed by atoms with Crippen LogP contribution in [0.25, 0.3) is 0 Å². The molecule has 1 aromatic carbocycles. The van der Waals surface area contributed by atoms with Gasteiger partial charge in [0.05, 0.1) is 0 Å². The van der Waals surface area contributed by atoms with Crippen LogP contribution in [0.15, 0.2) is 24.3 Å². The van der Waals surface area contributed by atoms with Crippen molar-refractivity contribution in [3.8, 4) is 0 Å². The van der Waals surface area contributed by atoms with Gasteiger partial charge >= 0.3 is 51.4 Å². The first kappa shape index (κ1) is 12.8. The number of hydrogen-bond acceptors (Lipinski definition) is 3. The minimum Gasteiger partial charge on any atom is -0.775 e. The molecule has 0 heterocycles. The molecule has 0 saturated carbocycles. The molecule has 0 radical (unpaired) electrons. The standard InChI is InChI=1S/C6H8NO3P.K/c7-5-1-3-6(4-2-5)11(8,9)10;/h1-4H,7H2,(H2,8,9,10);/q;+1/p-1. The van der Waals surface area contributed by atoms with Gasteiger partial charge in [-0.2, -0.15) is 0 Å². The summed E-state index contributed by atoms with van der Waals surface area (Å²) in [5.41, 5.74) is 5.76. The molecule has 1 aromatic rings. The molecule has 0 fully saturated rings. The second kappa shape index (κ2) is 4.88. The molecule has 6 heteroatoms. The Labute approximate surface area is 113 Å². The van der Waals surface area contributed by atoms with E-state index in [2.05, 4.69) is 0 Å². The van der Waals surface area contributed by atoms with Crippen molar-refractivity contribution in [2.24, 2.45) is 0 Å². The van der Waals surface area contributed by atoms with Crippen LogP contribution in [-0.4, -0.2) is 4.89 Å². The predicted octanol–water partition coefficient (Wildman–Crippen LogP) is -3.56. The van der Waals surface area contributed by atoms with Gasteiger partial charge in [-0.3, -0.25) is 0 Å². The molecule has 4 nitrogen and oxygen atoms in total. The molecule has 60 valence electrons. The SMILES string of the molecule is Nc1ccc(P(=O)([O-])O)cc1.[K+]. The first-order valence-corrected chi connectivity index (χ1v) is 4.48. The van der Waals surface area contributed by atoms with Crippen LogP contribution in [0, 0.1) is 0 Å². The van der Waals surface area contributed by atoms with Crippen molar-refractivity contribution in [2.45, 2.75) is 0 Å². The van der Waals surface area contributed by atoms with Crippen LogP contribution in [0.1, 0.15) is 0 Å². The number of nitrogen functional groups attached to an aromatic ring is 1. The summed E-state index contributed by atoms with van der Waals surface area (Å²) >= 11 is 0. The first-order valence-electron chi connectivity index (χ1n) is 2.90. The van der Waals surface area contributed by atoms with Gasteiger partial charge in [0.15, 0.2) is 7.60 Å². The summed E-state index contributed by atoms with van der Waals surface area (Å²) in [4.78, 5) is 19.0. The number of hydrogen-bond donors (Lipinski definition) is 2. The third kappa shape index (κ3) is 3.68. The Morgan fingerprint density at radius 1 is 1.33 bits per heavy atom. The van der Waals surface area contributed by atoms with Gasteiger partial charge in [0.2, 0.25) is 0 Å². The van der Waals surface area contributed by atoms with Gasteiger partial charge in [-0.15, -0.1) is 0 Å². The minimum absolute atomic E-state index is 0. The zero-order chi connectivity index (χ0) is 8.48. The van der Waals surface area contributed by atoms with Gasteiger partial charge < -0.3 is 20.1 Å². The maximum atomic E-state index is 10.5. The molecule has 0 amide bonds. The van der Waals surface area contributed by atoms with E-state index in [1.54, 1.807) is 0 Å². The average molecular weight is 211 g/mol. The summed E-state index contributed by atoms with van der Waals surface area (Å²) in [5.74, 6) is 0. The molecule has 0 aromatic heterocycles. The molecule has 0 aliphatic carbocycles. The molecule has 0 aliphatic heterocycles. The molecule has 1 rings (SSSR count). The quantitative estimate of drug-likeness (QED) is 0.286. The Morgan fingerprint density at radius 2 is 1.75 bits per heavy atom. The van der Waals surface area contributed by atoms with Crippen molar-refractivity contribution < 1.29 is 65.7 Å². The Balaban J connectivity index is 0.00000121. The Hall–Kier alpha value is 0.806. The molecular weight excluding hydrogens is 204 g/mol. The largest absolute Gasteiger partial charge is 1.00 e. The molecule has 12 heavy (non-hydrogen) atoms. The summed E-state index contributed by atoms with van der Waals surface area (Å²) in [5, 5.41) is -0.119. The molecule has 3 N–H and O–H groups in total. The monoisotopic (exact) mass is 211 g/mol. The smallest absolute Gasteiger partial charge is 0.775 e. The summed E-state index contributed by atoms with van der Waals surface area (Å²) in [6.07, 6.45) is 0. The molecular formula is C6H7KNO3P. The van der Waals surface area contributed by atoms with Gasteiger partial charge in [0.25, 0.3) is 0 Å². The van der Waals surface area contributed by atoms with E-state index in [0.29, 0.717) is 5.69 Å². The van der Waals surface area contributed by atoms with Gasteiger partial charge in [0.1, 0.15) is 0 Å². The van der Waals surface area contributed by atoms with Crippen molar-refractivity contribution >= 4 is 18.6 Å². The molecule has 0 aliphatic rings. The van der Waals surface area contributed by atoms with Crippen LogP contribution in [0.4, 0.5) is 5.69 Å². The van der Waals surface area contributed by atoms with Crippen molar-refractivity contribution in [3.05, 3.63) is 24.3 Å². The third-order valence-electron chi connectivity index (χ3n) is 1.22. The van der Waals surface area contributed by atoms with Gasteiger partial charge in [-0.25, -0.2) is 0 Å². The van der Waals surface area contributed by atoms with Crippen molar-refractivity contribution in [2.75, 3.05) is 5.73 Å². The number of rotatable bonds is 1. The van der Waals surface area contributed by atoms with Crippen LogP contribution in [-0.2, 0) is 4.57 Å². The van der Waals surface area contributed by atoms with E-state index < -0.39 is 7.60 Å². The normalized spacial score (nSPS) is 14.5. The van der Waals surface area contributed by atoms with Gasteiger partial charge in [0, 0.05) is 11.0 Å². The first-order chi connectivity index (χ1) is 5.00. The zero-order valence-electron chi connectivity index (χ0n) is 6.60. The van der Waals surface area contributed by atoms with Crippen LogP contribution in [0.5, 0.6) is 0 Å². The van der Waals surface area contributed by atoms with E-state index in [0.717, 1.165) is 0 Å². The van der Waals surface area contributed by atoms with E-state index >= 15 is 0 Å². The molecule has 1 atom stereocenters. The maximum absolute atomic E-state index is 10.5. The Kier molecular flexibility index (Phi) is 5.21. The number of anilines is 1. The summed E-state index contributed by atoms with van der Waals surface area (Å²) < 4.78 is 10.5. The summed E-state index contributed by atoms with van der Waals surface area (Å²) in [6.45, 7) is 0. The summed E-state index contributed by atoms with van der Waals surface area (Å²) in [7, 11) is -4.34. The van der Waals surface area contributed by atoms with E-state index in [-0.39, 0.29) is 56.7 Å². The third-order valence-corrected chi connectivity index (χ3v) is 2.17. The molecule has 0 saturated heterocycles. The van der Waals surface area contributed by atoms with Crippen LogP contribution < -0.4 is 67.3 Å². The second-order valence-corrected chi connectivity index (χ2v) is 3.67. The van der Waals surface area contributed by atoms with Gasteiger partial charge in [-0.05, 0) is 24.3 Å². The van der Waals surface area contributed by atoms with Crippen molar-refractivity contribution in [1.82, 2.24) is 0 Å². The molecule has 0 bridgehead atoms. The van der Waals surface area contributed by atoms with Crippen molar-refractivity contribution in [1.29, 1.82) is 0 Å². The van der Waals surface area contributed by atoms with E-state index in [9.17, 15) is 9.46 Å². The van der Waals surface area contributed by atoms with Crippen molar-refractivity contribution in [3.63, 3.8) is 0 Å². The predicted molar refractivity (Wildman–Crippen MR) is 40.3 cm³/mol. The van der Waals surface area contributed by atoms with Crippen LogP contribution >= 0.6 is 7.60 Å². The summed E-state index contributed by atoms with van der Waals surface area (Å²) in [6, 6.07) is 5.33. The van der Waals surface area contributed by atoms with E-state index in [1.807, 2.05) is 0 Å². The van der Waals surface area contributed by atoms with E-state index in [4.69, 9.17) is 10.6 Å². The minimum atomic E-state index is -4.34. The average Bonchev–Trinajstić information content (AvgIpc) is 1.86. The fourth-order valence-corrected chi connectivity index (χ4v) is 1.19. The van der Waals surface area contributed by atoms with Crippen LogP contribution in [0.2, 0.25) is 0 Å². The number of benzene rings is 1. The topological polar surface area (TPSA) is 86.4 Å². The zero-order valence-corrected chi connectivity index (χ0v) is 10.6. The van der Waals surface area contributed by atoms with E-state index in [1.165, 1.54) is 24.3 Å². The second-order valence-electron chi connectivity index (χ2n) is 2.11. The molecule has 0 spiro atoms. The fraction of sp³-hybridized carbons (Fsp3) is 0. The fourth-order valence-electron chi connectivity index (χ4n) is 0.663.